The lowest BCUT2D eigenvalue weighted by Gasteiger charge is -2.43. The highest BCUT2D eigenvalue weighted by molar-refractivity contribution is 5.96. The van der Waals surface area contributed by atoms with Crippen molar-refractivity contribution >= 4 is 35.6 Å². The molecule has 2 amide bonds. The van der Waals surface area contributed by atoms with Crippen LogP contribution in [-0.4, -0.2) is 27.6 Å². The molecule has 4 N–H and O–H groups in total. The number of benzene rings is 1. The van der Waals surface area contributed by atoms with Gasteiger partial charge in [0.1, 0.15) is 6.04 Å². The summed E-state index contributed by atoms with van der Waals surface area (Å²) in [6.07, 6.45) is 8.66. The number of rotatable bonds is 5. The van der Waals surface area contributed by atoms with Gasteiger partial charge in [0, 0.05) is 35.7 Å². The molecule has 2 aromatic rings. The number of nitrogens with two attached hydrogens (primary N) is 1. The van der Waals surface area contributed by atoms with Crippen molar-refractivity contribution in [3.05, 3.63) is 42.7 Å². The molecule has 2 fully saturated rings. The molecule has 2 bridgehead atoms. The molecule has 4 rings (SSSR count). The van der Waals surface area contributed by atoms with Crippen LogP contribution >= 0.6 is 12.4 Å². The van der Waals surface area contributed by atoms with Crippen molar-refractivity contribution in [1.29, 1.82) is 0 Å². The zero-order valence-corrected chi connectivity index (χ0v) is 18.0. The molecule has 0 radical (unpaired) electrons. The van der Waals surface area contributed by atoms with Gasteiger partial charge in [-0.15, -0.1) is 12.4 Å². The lowest BCUT2D eigenvalue weighted by Crippen LogP contribution is -2.48. The molecule has 7 nitrogen and oxygen atoms in total. The number of nitrogens with zero attached hydrogens (tertiary/aromatic N) is 2. The number of anilines is 2. The number of hydrogen-bond donors (Lipinski definition) is 3. The average molecular weight is 432 g/mol. The number of aromatic nitrogens is 2. The van der Waals surface area contributed by atoms with Crippen molar-refractivity contribution in [3.63, 3.8) is 0 Å². The molecule has 2 aliphatic rings. The molecule has 1 aromatic heterocycles. The molecule has 0 spiro atoms. The Morgan fingerprint density at radius 1 is 1.13 bits per heavy atom. The first-order valence-corrected chi connectivity index (χ1v) is 10.5. The molecule has 3 atom stereocenters. The summed E-state index contributed by atoms with van der Waals surface area (Å²) in [7, 11) is 0. The Morgan fingerprint density at radius 2 is 1.80 bits per heavy atom. The second-order valence-corrected chi connectivity index (χ2v) is 8.42. The van der Waals surface area contributed by atoms with Gasteiger partial charge in [-0.1, -0.05) is 12.5 Å². The molecule has 3 unspecified atom stereocenters. The zero-order chi connectivity index (χ0) is 20.4. The number of hydrogen-bond acceptors (Lipinski definition) is 4. The van der Waals surface area contributed by atoms with E-state index in [1.165, 1.54) is 6.42 Å². The van der Waals surface area contributed by atoms with Crippen molar-refractivity contribution in [3.8, 4) is 0 Å². The fraction of sp³-hybridized carbons (Fsp3) is 0.500. The Kier molecular flexibility index (Phi) is 7.15. The molecule has 30 heavy (non-hydrogen) atoms. The van der Waals surface area contributed by atoms with Crippen molar-refractivity contribution in [1.82, 2.24) is 9.78 Å². The van der Waals surface area contributed by atoms with Gasteiger partial charge in [0.15, 0.2) is 0 Å². The number of carbonyl (C=O) groups is 2. The highest BCUT2D eigenvalue weighted by atomic mass is 35.5. The first-order valence-electron chi connectivity index (χ1n) is 10.5. The molecule has 2 saturated carbocycles. The molecular formula is C22H30ClN5O2. The Hall–Kier alpha value is -2.38. The summed E-state index contributed by atoms with van der Waals surface area (Å²) in [5, 5.41) is 10.0. The van der Waals surface area contributed by atoms with Crippen molar-refractivity contribution < 1.29 is 9.59 Å². The van der Waals surface area contributed by atoms with Crippen LogP contribution in [0.25, 0.3) is 0 Å². The predicted molar refractivity (Wildman–Crippen MR) is 119 cm³/mol. The molecule has 2 aliphatic carbocycles. The maximum Gasteiger partial charge on any atom is 0.248 e. The van der Waals surface area contributed by atoms with E-state index in [1.54, 1.807) is 36.1 Å². The quantitative estimate of drug-likeness (QED) is 0.673. The largest absolute Gasteiger partial charge is 0.327 e. The summed E-state index contributed by atoms with van der Waals surface area (Å²) >= 11 is 0. The third kappa shape index (κ3) is 4.84. The van der Waals surface area contributed by atoms with Gasteiger partial charge in [-0.3, -0.25) is 14.3 Å². The number of nitrogens with one attached hydrogen (secondary N) is 2. The van der Waals surface area contributed by atoms with Crippen LogP contribution in [0.3, 0.4) is 0 Å². The molecule has 0 saturated heterocycles. The van der Waals surface area contributed by atoms with E-state index >= 15 is 0 Å². The highest BCUT2D eigenvalue weighted by Gasteiger charge is 2.40. The Labute approximate surface area is 183 Å². The van der Waals surface area contributed by atoms with Gasteiger partial charge in [0.05, 0.1) is 0 Å². The van der Waals surface area contributed by atoms with Crippen LogP contribution in [0.1, 0.15) is 45.1 Å². The van der Waals surface area contributed by atoms with Crippen LogP contribution in [0.4, 0.5) is 11.4 Å². The van der Waals surface area contributed by atoms with Crippen molar-refractivity contribution in [2.24, 2.45) is 23.5 Å². The Bertz CT molecular complexity index is 858. The zero-order valence-electron chi connectivity index (χ0n) is 17.2. The van der Waals surface area contributed by atoms with Crippen molar-refractivity contribution in [2.45, 2.75) is 51.1 Å². The van der Waals surface area contributed by atoms with Crippen LogP contribution in [0.2, 0.25) is 0 Å². The number of halogens is 1. The average Bonchev–Trinajstić information content (AvgIpc) is 3.22. The van der Waals surface area contributed by atoms with Gasteiger partial charge in [0.2, 0.25) is 11.8 Å². The first kappa shape index (κ1) is 22.3. The highest BCUT2D eigenvalue weighted by Crippen LogP contribution is 2.42. The standard InChI is InChI=1S/C22H29N5O2.ClH/c1-14(27-10-4-9-24-27)21(28)25-18-7-3-8-19(13-18)26-22(29)17-11-15-5-2-6-16(12-17)20(15)23;/h3-4,7-10,13-17,20H,2,5-6,11-12,23H2,1H3,(H,25,28)(H,26,29);1H. The van der Waals surface area contributed by atoms with Gasteiger partial charge in [-0.2, -0.15) is 5.10 Å². The third-order valence-electron chi connectivity index (χ3n) is 6.48. The fourth-order valence-electron chi connectivity index (χ4n) is 4.80. The molecule has 1 aromatic carbocycles. The minimum absolute atomic E-state index is 0. The molecule has 1 heterocycles. The SMILES string of the molecule is CC(C(=O)Nc1cccc(NC(=O)C2CC3CCCC(C2)C3N)c1)n1cccn1.Cl. The van der Waals surface area contributed by atoms with Gasteiger partial charge < -0.3 is 16.4 Å². The van der Waals surface area contributed by atoms with Crippen LogP contribution < -0.4 is 16.4 Å². The molecule has 8 heteroatoms. The summed E-state index contributed by atoms with van der Waals surface area (Å²) in [5.74, 6) is 0.844. The van der Waals surface area contributed by atoms with Gasteiger partial charge in [-0.25, -0.2) is 0 Å². The Morgan fingerprint density at radius 3 is 2.43 bits per heavy atom. The maximum absolute atomic E-state index is 12.9. The molecule has 162 valence electrons. The second kappa shape index (κ2) is 9.62. The first-order chi connectivity index (χ1) is 14.0. The summed E-state index contributed by atoms with van der Waals surface area (Å²) in [4.78, 5) is 25.3. The fourth-order valence-corrected chi connectivity index (χ4v) is 4.80. The van der Waals surface area contributed by atoms with Crippen LogP contribution in [-0.2, 0) is 9.59 Å². The Balaban J connectivity index is 0.00000256. The summed E-state index contributed by atoms with van der Waals surface area (Å²) < 4.78 is 1.60. The van der Waals surface area contributed by atoms with E-state index < -0.39 is 6.04 Å². The summed E-state index contributed by atoms with van der Waals surface area (Å²) in [5.41, 5.74) is 7.69. The van der Waals surface area contributed by atoms with E-state index in [9.17, 15) is 9.59 Å². The summed E-state index contributed by atoms with van der Waals surface area (Å²) in [6, 6.07) is 8.90. The van der Waals surface area contributed by atoms with Gasteiger partial charge >= 0.3 is 0 Å². The van der Waals surface area contributed by atoms with E-state index in [1.807, 2.05) is 18.2 Å². The minimum Gasteiger partial charge on any atom is -0.327 e. The van der Waals surface area contributed by atoms with Crippen LogP contribution in [0, 0.1) is 17.8 Å². The van der Waals surface area contributed by atoms with Crippen LogP contribution in [0.5, 0.6) is 0 Å². The maximum atomic E-state index is 12.9. The predicted octanol–water partition coefficient (Wildman–Crippen LogP) is 3.60. The lowest BCUT2D eigenvalue weighted by molar-refractivity contribution is -0.122. The number of fused-ring (bicyclic) bond motifs is 2. The molecular weight excluding hydrogens is 402 g/mol. The lowest BCUT2D eigenvalue weighted by atomic mass is 9.65. The van der Waals surface area contributed by atoms with Crippen molar-refractivity contribution in [2.75, 3.05) is 10.6 Å². The van der Waals surface area contributed by atoms with Gasteiger partial charge in [-0.05, 0) is 68.7 Å². The van der Waals surface area contributed by atoms with E-state index in [4.69, 9.17) is 5.73 Å². The smallest absolute Gasteiger partial charge is 0.248 e. The summed E-state index contributed by atoms with van der Waals surface area (Å²) in [6.45, 7) is 1.79. The monoisotopic (exact) mass is 431 g/mol. The topological polar surface area (TPSA) is 102 Å². The van der Waals surface area contributed by atoms with E-state index in [-0.39, 0.29) is 36.2 Å². The third-order valence-corrected chi connectivity index (χ3v) is 6.48. The number of amides is 2. The van der Waals surface area contributed by atoms with Gasteiger partial charge in [0.25, 0.3) is 0 Å². The molecule has 0 aliphatic heterocycles. The second-order valence-electron chi connectivity index (χ2n) is 8.42. The van der Waals surface area contributed by atoms with E-state index in [0.717, 1.165) is 25.7 Å². The normalized spacial score (nSPS) is 26.2. The van der Waals surface area contributed by atoms with Crippen LogP contribution in [0.15, 0.2) is 42.7 Å². The minimum atomic E-state index is -0.422. The van der Waals surface area contributed by atoms with E-state index in [2.05, 4.69) is 15.7 Å². The number of carbonyl (C=O) groups excluding carboxylic acids is 2. The van der Waals surface area contributed by atoms with E-state index in [0.29, 0.717) is 23.2 Å².